The second-order valence-corrected chi connectivity index (χ2v) is 7.26. The summed E-state index contributed by atoms with van der Waals surface area (Å²) in [7, 11) is 0. The van der Waals surface area contributed by atoms with Crippen molar-refractivity contribution in [3.8, 4) is 17.2 Å². The minimum Gasteiger partial charge on any atom is -0.507 e. The van der Waals surface area contributed by atoms with Crippen LogP contribution in [0.15, 0.2) is 48.5 Å². The maximum atomic E-state index is 12.4. The van der Waals surface area contributed by atoms with Crippen LogP contribution in [0.1, 0.15) is 22.3 Å². The van der Waals surface area contributed by atoms with E-state index < -0.39 is 11.8 Å². The fourth-order valence-electron chi connectivity index (χ4n) is 3.22. The minimum atomic E-state index is -0.622. The molecule has 0 saturated heterocycles. The molecule has 0 aromatic heterocycles. The zero-order valence-electron chi connectivity index (χ0n) is 15.9. The van der Waals surface area contributed by atoms with E-state index in [0.717, 1.165) is 17.2 Å². The van der Waals surface area contributed by atoms with E-state index in [1.165, 1.54) is 6.07 Å². The average Bonchev–Trinajstić information content (AvgIpc) is 2.97. The predicted octanol–water partition coefficient (Wildman–Crippen LogP) is 3.36. The number of ether oxygens (including phenoxy) is 2. The maximum absolute atomic E-state index is 12.4. The van der Waals surface area contributed by atoms with Crippen LogP contribution >= 0.6 is 11.6 Å². The summed E-state index contributed by atoms with van der Waals surface area (Å²) in [4.78, 5) is 24.7. The zero-order chi connectivity index (χ0) is 21.1. The first-order chi connectivity index (χ1) is 14.5. The summed E-state index contributed by atoms with van der Waals surface area (Å²) in [5.74, 6) is -0.279. The summed E-state index contributed by atoms with van der Waals surface area (Å²) in [6.07, 6.45) is 0.717. The number of hydrazine groups is 1. The number of nitrogens with one attached hydrogen (secondary N) is 2. The Labute approximate surface area is 177 Å². The van der Waals surface area contributed by atoms with Gasteiger partial charge in [-0.05, 0) is 40.6 Å². The molecule has 3 N–H and O–H groups in total. The fourth-order valence-corrected chi connectivity index (χ4v) is 3.51. The van der Waals surface area contributed by atoms with E-state index in [1.54, 1.807) is 18.2 Å². The molecule has 4 rings (SSSR count). The Balaban J connectivity index is 1.42. The normalized spacial score (nSPS) is 12.8. The highest BCUT2D eigenvalue weighted by atomic mass is 35.5. The smallest absolute Gasteiger partial charge is 0.273 e. The number of carbonyl (C=O) groups excluding carboxylic acids is 2. The summed E-state index contributed by atoms with van der Waals surface area (Å²) in [6, 6.07) is 13.7. The Bertz CT molecular complexity index is 1130. The van der Waals surface area contributed by atoms with Crippen molar-refractivity contribution in [2.45, 2.75) is 12.8 Å². The lowest BCUT2D eigenvalue weighted by molar-refractivity contribution is -0.121. The molecule has 8 heteroatoms. The summed E-state index contributed by atoms with van der Waals surface area (Å²) >= 11 is 6.24. The first-order valence-corrected chi connectivity index (χ1v) is 9.78. The highest BCUT2D eigenvalue weighted by Crippen LogP contribution is 2.38. The van der Waals surface area contributed by atoms with E-state index in [4.69, 9.17) is 21.1 Å². The van der Waals surface area contributed by atoms with Crippen LogP contribution in [0.5, 0.6) is 17.2 Å². The number of carbonyl (C=O) groups is 2. The van der Waals surface area contributed by atoms with Crippen LogP contribution in [0.3, 0.4) is 0 Å². The summed E-state index contributed by atoms with van der Waals surface area (Å²) in [5, 5.41) is 12.1. The Morgan fingerprint density at radius 3 is 2.53 bits per heavy atom. The molecule has 0 atom stereocenters. The van der Waals surface area contributed by atoms with Crippen LogP contribution in [0, 0.1) is 0 Å². The van der Waals surface area contributed by atoms with E-state index >= 15 is 0 Å². The quantitative estimate of drug-likeness (QED) is 0.558. The van der Waals surface area contributed by atoms with Gasteiger partial charge < -0.3 is 14.6 Å². The Morgan fingerprint density at radius 1 is 1.00 bits per heavy atom. The van der Waals surface area contributed by atoms with Crippen molar-refractivity contribution in [2.24, 2.45) is 0 Å². The first-order valence-electron chi connectivity index (χ1n) is 9.40. The number of amides is 2. The number of halogens is 1. The van der Waals surface area contributed by atoms with E-state index in [0.29, 0.717) is 35.3 Å². The van der Waals surface area contributed by atoms with E-state index in [1.807, 2.05) is 24.3 Å². The molecule has 0 fully saturated rings. The van der Waals surface area contributed by atoms with E-state index in [-0.39, 0.29) is 17.7 Å². The fraction of sp³-hybridized carbons (Fsp3) is 0.182. The van der Waals surface area contributed by atoms with Gasteiger partial charge in [-0.1, -0.05) is 35.9 Å². The van der Waals surface area contributed by atoms with Gasteiger partial charge in [-0.25, -0.2) is 0 Å². The van der Waals surface area contributed by atoms with Gasteiger partial charge in [-0.3, -0.25) is 20.4 Å². The molecule has 3 aromatic carbocycles. The maximum Gasteiger partial charge on any atom is 0.273 e. The molecule has 30 heavy (non-hydrogen) atoms. The van der Waals surface area contributed by atoms with Gasteiger partial charge in [0, 0.05) is 6.42 Å². The van der Waals surface area contributed by atoms with Crippen molar-refractivity contribution in [3.05, 3.63) is 64.7 Å². The van der Waals surface area contributed by atoms with Crippen LogP contribution in [0.4, 0.5) is 0 Å². The van der Waals surface area contributed by atoms with Crippen LogP contribution in [0.2, 0.25) is 5.02 Å². The molecule has 154 valence electrons. The lowest BCUT2D eigenvalue weighted by Gasteiger charge is -2.12. The van der Waals surface area contributed by atoms with Gasteiger partial charge in [0.15, 0.2) is 11.5 Å². The molecule has 1 aliphatic rings. The second-order valence-electron chi connectivity index (χ2n) is 6.85. The third-order valence-electron chi connectivity index (χ3n) is 4.65. The molecule has 0 radical (unpaired) electrons. The molecule has 1 aliphatic heterocycles. The zero-order valence-corrected chi connectivity index (χ0v) is 16.7. The highest BCUT2D eigenvalue weighted by Gasteiger charge is 2.18. The van der Waals surface area contributed by atoms with Crippen LogP contribution in [-0.2, 0) is 11.2 Å². The minimum absolute atomic E-state index is 0.0274. The summed E-state index contributed by atoms with van der Waals surface area (Å²) in [6.45, 7) is 1.02. The molecule has 3 aromatic rings. The lowest BCUT2D eigenvalue weighted by Crippen LogP contribution is -2.42. The second kappa shape index (κ2) is 8.51. The van der Waals surface area contributed by atoms with Crippen molar-refractivity contribution in [1.29, 1.82) is 0 Å². The molecule has 1 heterocycles. The Kier molecular flexibility index (Phi) is 5.63. The molecule has 2 amide bonds. The number of phenolic OH excluding ortho intramolecular Hbond substituents is 1. The summed E-state index contributed by atoms with van der Waals surface area (Å²) in [5.41, 5.74) is 5.35. The third kappa shape index (κ3) is 4.26. The first kappa shape index (κ1) is 19.8. The van der Waals surface area contributed by atoms with Crippen molar-refractivity contribution >= 4 is 34.2 Å². The molecule has 0 saturated carbocycles. The molecular weight excluding hydrogens is 408 g/mol. The molecule has 7 nitrogen and oxygen atoms in total. The van der Waals surface area contributed by atoms with Gasteiger partial charge >= 0.3 is 0 Å². The standard InChI is InChI=1S/C22H19ClN2O5/c23-17-8-13(9-19-21(17)30-7-3-6-29-19)10-20(27)24-25-22(28)16-11-14-4-1-2-5-15(14)12-18(16)26/h1-2,4-5,8-9,11-12,26H,3,6-7,10H2,(H,24,27)(H,25,28). The van der Waals surface area contributed by atoms with Gasteiger partial charge in [0.05, 0.1) is 30.2 Å². The van der Waals surface area contributed by atoms with Gasteiger partial charge in [0.2, 0.25) is 5.91 Å². The summed E-state index contributed by atoms with van der Waals surface area (Å²) < 4.78 is 11.2. The SMILES string of the molecule is O=C(Cc1cc(Cl)c2c(c1)OCCCO2)NNC(=O)c1cc2ccccc2cc1O. The van der Waals surface area contributed by atoms with Gasteiger partial charge in [0.25, 0.3) is 5.91 Å². The number of fused-ring (bicyclic) bond motifs is 2. The lowest BCUT2D eigenvalue weighted by atomic mass is 10.1. The number of phenols is 1. The largest absolute Gasteiger partial charge is 0.507 e. The van der Waals surface area contributed by atoms with Crippen molar-refractivity contribution in [1.82, 2.24) is 10.9 Å². The van der Waals surface area contributed by atoms with Gasteiger partial charge in [0.1, 0.15) is 5.75 Å². The van der Waals surface area contributed by atoms with Gasteiger partial charge in [-0.15, -0.1) is 0 Å². The number of rotatable bonds is 3. The average molecular weight is 427 g/mol. The van der Waals surface area contributed by atoms with Crippen molar-refractivity contribution < 1.29 is 24.2 Å². The topological polar surface area (TPSA) is 96.9 Å². The highest BCUT2D eigenvalue weighted by molar-refractivity contribution is 6.32. The van der Waals surface area contributed by atoms with Gasteiger partial charge in [-0.2, -0.15) is 0 Å². The number of hydrogen-bond acceptors (Lipinski definition) is 5. The molecular formula is C22H19ClN2O5. The number of aromatic hydroxyl groups is 1. The van der Waals surface area contributed by atoms with E-state index in [2.05, 4.69) is 10.9 Å². The molecule has 0 aliphatic carbocycles. The third-order valence-corrected chi connectivity index (χ3v) is 4.93. The van der Waals surface area contributed by atoms with Crippen molar-refractivity contribution in [3.63, 3.8) is 0 Å². The van der Waals surface area contributed by atoms with Crippen LogP contribution in [0.25, 0.3) is 10.8 Å². The number of benzene rings is 3. The molecule has 0 unspecified atom stereocenters. The van der Waals surface area contributed by atoms with Crippen molar-refractivity contribution in [2.75, 3.05) is 13.2 Å². The van der Waals surface area contributed by atoms with Crippen LogP contribution < -0.4 is 20.3 Å². The number of hydrogen-bond donors (Lipinski definition) is 3. The Morgan fingerprint density at radius 2 is 1.73 bits per heavy atom. The monoisotopic (exact) mass is 426 g/mol. The Hall–Kier alpha value is -3.45. The predicted molar refractivity (Wildman–Crippen MR) is 112 cm³/mol. The molecule has 0 spiro atoms. The molecule has 0 bridgehead atoms. The van der Waals surface area contributed by atoms with E-state index in [9.17, 15) is 14.7 Å². The van der Waals surface area contributed by atoms with Crippen LogP contribution in [-0.4, -0.2) is 30.1 Å².